The molecule has 0 aromatic carbocycles. The first-order valence-corrected chi connectivity index (χ1v) is 6.12. The highest BCUT2D eigenvalue weighted by molar-refractivity contribution is 5.81. The van der Waals surface area contributed by atoms with Crippen molar-refractivity contribution in [2.45, 2.75) is 51.8 Å². The molecule has 1 heterocycles. The zero-order valence-electron chi connectivity index (χ0n) is 10.8. The molecule has 1 aliphatic heterocycles. The van der Waals surface area contributed by atoms with Crippen molar-refractivity contribution in [3.8, 4) is 0 Å². The van der Waals surface area contributed by atoms with Gasteiger partial charge in [-0.15, -0.1) is 0 Å². The third-order valence-corrected chi connectivity index (χ3v) is 3.53. The van der Waals surface area contributed by atoms with Crippen molar-refractivity contribution in [3.05, 3.63) is 0 Å². The smallest absolute Gasteiger partial charge is 0.239 e. The van der Waals surface area contributed by atoms with Gasteiger partial charge in [-0.3, -0.25) is 9.69 Å². The van der Waals surface area contributed by atoms with Crippen LogP contribution in [-0.2, 0) is 4.79 Å². The number of rotatable bonds is 3. The molecule has 1 N–H and O–H groups in total. The summed E-state index contributed by atoms with van der Waals surface area (Å²) in [7, 11) is 1.85. The molecule has 1 aliphatic rings. The Bertz CT molecular complexity index is 235. The molecule has 0 radical (unpaired) electrons. The maximum atomic E-state index is 12.1. The Labute approximate surface area is 98.2 Å². The Morgan fingerprint density at radius 2 is 1.81 bits per heavy atom. The van der Waals surface area contributed by atoms with E-state index >= 15 is 0 Å². The van der Waals surface area contributed by atoms with E-state index in [0.29, 0.717) is 0 Å². The molecule has 1 fully saturated rings. The van der Waals surface area contributed by atoms with Crippen LogP contribution in [0.4, 0.5) is 0 Å². The van der Waals surface area contributed by atoms with Gasteiger partial charge < -0.3 is 10.0 Å². The Morgan fingerprint density at radius 3 is 2.25 bits per heavy atom. The minimum absolute atomic E-state index is 0.0695. The monoisotopic (exact) mass is 228 g/mol. The molecule has 16 heavy (non-hydrogen) atoms. The highest BCUT2D eigenvalue weighted by atomic mass is 16.3. The average molecular weight is 228 g/mol. The Balaban J connectivity index is 2.50. The van der Waals surface area contributed by atoms with Gasteiger partial charge in [0.05, 0.1) is 12.1 Å². The van der Waals surface area contributed by atoms with Crippen LogP contribution in [0.3, 0.4) is 0 Å². The maximum absolute atomic E-state index is 12.1. The summed E-state index contributed by atoms with van der Waals surface area (Å²) >= 11 is 0. The number of hydrogen-bond donors (Lipinski definition) is 1. The minimum atomic E-state index is -0.179. The first-order valence-electron chi connectivity index (χ1n) is 6.12. The number of amides is 1. The largest absolute Gasteiger partial charge is 0.393 e. The second kappa shape index (κ2) is 5.64. The van der Waals surface area contributed by atoms with Gasteiger partial charge in [0.2, 0.25) is 5.91 Å². The molecule has 1 saturated heterocycles. The van der Waals surface area contributed by atoms with Crippen LogP contribution < -0.4 is 0 Å². The van der Waals surface area contributed by atoms with Crippen LogP contribution in [0.25, 0.3) is 0 Å². The number of aliphatic hydroxyl groups is 1. The summed E-state index contributed by atoms with van der Waals surface area (Å²) in [5.41, 5.74) is 0. The van der Waals surface area contributed by atoms with E-state index in [9.17, 15) is 9.90 Å². The molecule has 1 rings (SSSR count). The molecule has 1 amide bonds. The minimum Gasteiger partial charge on any atom is -0.393 e. The van der Waals surface area contributed by atoms with Crippen LogP contribution in [-0.4, -0.2) is 59.1 Å². The lowest BCUT2D eigenvalue weighted by atomic mass is 10.1. The van der Waals surface area contributed by atoms with Gasteiger partial charge in [-0.2, -0.15) is 0 Å². The Kier molecular flexibility index (Phi) is 4.74. The predicted octanol–water partition coefficient (Wildman–Crippen LogP) is 0.698. The quantitative estimate of drug-likeness (QED) is 0.773. The lowest BCUT2D eigenvalue weighted by molar-refractivity contribution is -0.137. The van der Waals surface area contributed by atoms with E-state index in [2.05, 4.69) is 4.90 Å². The van der Waals surface area contributed by atoms with E-state index in [-0.39, 0.29) is 24.1 Å². The third kappa shape index (κ3) is 3.19. The van der Waals surface area contributed by atoms with Gasteiger partial charge >= 0.3 is 0 Å². The van der Waals surface area contributed by atoms with Crippen molar-refractivity contribution in [1.29, 1.82) is 0 Å². The molecule has 0 aliphatic carbocycles. The third-order valence-electron chi connectivity index (χ3n) is 3.53. The average Bonchev–Trinajstić information content (AvgIpc) is 2.27. The van der Waals surface area contributed by atoms with Gasteiger partial charge in [0, 0.05) is 26.2 Å². The Morgan fingerprint density at radius 1 is 1.31 bits per heavy atom. The van der Waals surface area contributed by atoms with Gasteiger partial charge in [-0.05, 0) is 33.6 Å². The molecule has 0 aromatic rings. The lowest BCUT2D eigenvalue weighted by Crippen LogP contribution is -2.50. The highest BCUT2D eigenvalue weighted by Gasteiger charge is 2.28. The summed E-state index contributed by atoms with van der Waals surface area (Å²) in [4.78, 5) is 16.0. The lowest BCUT2D eigenvalue weighted by Gasteiger charge is -2.36. The molecule has 4 heteroatoms. The van der Waals surface area contributed by atoms with E-state index in [0.717, 1.165) is 25.9 Å². The van der Waals surface area contributed by atoms with Gasteiger partial charge in [0.15, 0.2) is 0 Å². The number of carbonyl (C=O) groups is 1. The molecule has 4 nitrogen and oxygen atoms in total. The maximum Gasteiger partial charge on any atom is 0.239 e. The van der Waals surface area contributed by atoms with Gasteiger partial charge in [-0.1, -0.05) is 0 Å². The SMILES string of the molecule is CC(C(=O)N(C)C(C)C)N1CCC(O)CC1. The highest BCUT2D eigenvalue weighted by Crippen LogP contribution is 2.14. The zero-order chi connectivity index (χ0) is 12.3. The number of likely N-dealkylation sites (N-methyl/N-ethyl adjacent to an activating group) is 1. The van der Waals surface area contributed by atoms with E-state index < -0.39 is 0 Å². The number of hydrogen-bond acceptors (Lipinski definition) is 3. The summed E-state index contributed by atoms with van der Waals surface area (Å²) in [5, 5.41) is 9.42. The standard InChI is InChI=1S/C12H24N2O2/c1-9(2)13(4)12(16)10(3)14-7-5-11(15)6-8-14/h9-11,15H,5-8H2,1-4H3. The van der Waals surface area contributed by atoms with Crippen molar-refractivity contribution in [3.63, 3.8) is 0 Å². The van der Waals surface area contributed by atoms with E-state index in [4.69, 9.17) is 0 Å². The molecule has 0 saturated carbocycles. The second-order valence-electron chi connectivity index (χ2n) is 4.99. The van der Waals surface area contributed by atoms with Crippen LogP contribution >= 0.6 is 0 Å². The predicted molar refractivity (Wildman–Crippen MR) is 64.2 cm³/mol. The summed E-state index contributed by atoms with van der Waals surface area (Å²) in [6.45, 7) is 7.63. The number of nitrogens with zero attached hydrogens (tertiary/aromatic N) is 2. The van der Waals surface area contributed by atoms with Crippen LogP contribution in [0.2, 0.25) is 0 Å². The summed E-state index contributed by atoms with van der Waals surface area (Å²) in [6.07, 6.45) is 1.38. The summed E-state index contributed by atoms with van der Waals surface area (Å²) in [6, 6.07) is 0.172. The van der Waals surface area contributed by atoms with Gasteiger partial charge in [-0.25, -0.2) is 0 Å². The molecule has 1 atom stereocenters. The molecular weight excluding hydrogens is 204 g/mol. The number of carbonyl (C=O) groups excluding carboxylic acids is 1. The van der Waals surface area contributed by atoms with Gasteiger partial charge in [0.25, 0.3) is 0 Å². The Hall–Kier alpha value is -0.610. The first-order chi connectivity index (χ1) is 7.43. The van der Waals surface area contributed by atoms with Crippen molar-refractivity contribution in [2.24, 2.45) is 0 Å². The van der Waals surface area contributed by atoms with Gasteiger partial charge in [0.1, 0.15) is 0 Å². The van der Waals surface area contributed by atoms with Crippen LogP contribution in [0, 0.1) is 0 Å². The van der Waals surface area contributed by atoms with Crippen molar-refractivity contribution >= 4 is 5.91 Å². The van der Waals surface area contributed by atoms with Crippen molar-refractivity contribution < 1.29 is 9.90 Å². The summed E-state index contributed by atoms with van der Waals surface area (Å²) < 4.78 is 0. The molecule has 0 bridgehead atoms. The second-order valence-corrected chi connectivity index (χ2v) is 4.99. The van der Waals surface area contributed by atoms with Crippen molar-refractivity contribution in [2.75, 3.05) is 20.1 Å². The number of aliphatic hydroxyl groups excluding tert-OH is 1. The van der Waals surface area contributed by atoms with E-state index in [1.54, 1.807) is 4.90 Å². The van der Waals surface area contributed by atoms with Crippen molar-refractivity contribution in [1.82, 2.24) is 9.80 Å². The van der Waals surface area contributed by atoms with Crippen LogP contribution in [0.1, 0.15) is 33.6 Å². The number of likely N-dealkylation sites (tertiary alicyclic amines) is 1. The first kappa shape index (κ1) is 13.5. The fourth-order valence-corrected chi connectivity index (χ4v) is 1.98. The molecular formula is C12H24N2O2. The molecule has 0 aromatic heterocycles. The van der Waals surface area contributed by atoms with E-state index in [1.165, 1.54) is 0 Å². The number of piperidine rings is 1. The van der Waals surface area contributed by atoms with E-state index in [1.807, 2.05) is 27.8 Å². The fraction of sp³-hybridized carbons (Fsp3) is 0.917. The molecule has 1 unspecified atom stereocenters. The molecule has 0 spiro atoms. The molecule has 94 valence electrons. The summed E-state index contributed by atoms with van der Waals surface area (Å²) in [5.74, 6) is 0.173. The topological polar surface area (TPSA) is 43.8 Å². The van der Waals surface area contributed by atoms with Crippen LogP contribution in [0.5, 0.6) is 0 Å². The van der Waals surface area contributed by atoms with Crippen LogP contribution in [0.15, 0.2) is 0 Å². The zero-order valence-corrected chi connectivity index (χ0v) is 10.8. The fourth-order valence-electron chi connectivity index (χ4n) is 1.98. The normalized spacial score (nSPS) is 21.1.